The number of rotatable bonds is 2. The summed E-state index contributed by atoms with van der Waals surface area (Å²) < 4.78 is 52.0. The van der Waals surface area contributed by atoms with Crippen molar-refractivity contribution in [2.24, 2.45) is 0 Å². The molecule has 0 aliphatic heterocycles. The van der Waals surface area contributed by atoms with Crippen molar-refractivity contribution >= 4 is 17.9 Å². The van der Waals surface area contributed by atoms with Gasteiger partial charge in [0.05, 0.1) is 10.6 Å². The molecule has 6 heteroatoms. The molecule has 0 atom stereocenters. The molecule has 0 aliphatic carbocycles. The maximum Gasteiger partial charge on any atom is 0.416 e. The van der Waals surface area contributed by atoms with Crippen molar-refractivity contribution in [3.8, 4) is 11.1 Å². The highest BCUT2D eigenvalue weighted by Crippen LogP contribution is 2.36. The zero-order valence-corrected chi connectivity index (χ0v) is 10.6. The fourth-order valence-electron chi connectivity index (χ4n) is 1.74. The van der Waals surface area contributed by atoms with Gasteiger partial charge in [0.1, 0.15) is 12.1 Å². The third-order valence-corrected chi connectivity index (χ3v) is 2.96. The van der Waals surface area contributed by atoms with Gasteiger partial charge in [0.2, 0.25) is 0 Å². The maximum atomic E-state index is 13.9. The minimum Gasteiger partial charge on any atom is -0.298 e. The Hall–Kier alpha value is -1.88. The summed E-state index contributed by atoms with van der Waals surface area (Å²) in [5, 5.41) is -0.619. The number of hydrogen-bond acceptors (Lipinski definition) is 1. The van der Waals surface area contributed by atoms with E-state index in [-0.39, 0.29) is 16.7 Å². The molecule has 0 spiro atoms. The van der Waals surface area contributed by atoms with E-state index >= 15 is 0 Å². The van der Waals surface area contributed by atoms with E-state index in [2.05, 4.69) is 0 Å². The lowest BCUT2D eigenvalue weighted by Crippen LogP contribution is -2.06. The molecule has 0 fully saturated rings. The maximum absolute atomic E-state index is 13.9. The Balaban J connectivity index is 2.66. The van der Waals surface area contributed by atoms with Crippen LogP contribution in [0.2, 0.25) is 5.02 Å². The van der Waals surface area contributed by atoms with E-state index in [1.807, 2.05) is 0 Å². The standard InChI is InChI=1S/C14H7ClF4O/c15-12-6-10(14(17,18)19)5-11(13(12)16)9-3-1-2-8(4-9)7-20/h1-7H. The number of benzene rings is 2. The molecule has 0 aliphatic rings. The average Bonchev–Trinajstić information content (AvgIpc) is 2.40. The van der Waals surface area contributed by atoms with Crippen molar-refractivity contribution in [3.05, 3.63) is 58.4 Å². The fourth-order valence-corrected chi connectivity index (χ4v) is 1.96. The first-order chi connectivity index (χ1) is 9.32. The third kappa shape index (κ3) is 2.82. The Bertz CT molecular complexity index is 665. The van der Waals surface area contributed by atoms with Gasteiger partial charge < -0.3 is 0 Å². The zero-order valence-electron chi connectivity index (χ0n) is 9.84. The molecule has 0 aromatic heterocycles. The lowest BCUT2D eigenvalue weighted by molar-refractivity contribution is -0.137. The second-order valence-corrected chi connectivity index (χ2v) is 4.47. The molecular formula is C14H7ClF4O. The Kier molecular flexibility index (Phi) is 3.81. The van der Waals surface area contributed by atoms with Crippen LogP contribution in [0, 0.1) is 5.82 Å². The number of carbonyl (C=O) groups is 1. The average molecular weight is 303 g/mol. The van der Waals surface area contributed by atoms with E-state index in [4.69, 9.17) is 11.6 Å². The highest BCUT2D eigenvalue weighted by Gasteiger charge is 2.32. The van der Waals surface area contributed by atoms with Crippen LogP contribution in [0.1, 0.15) is 15.9 Å². The minimum absolute atomic E-state index is 0.153. The summed E-state index contributed by atoms with van der Waals surface area (Å²) in [6.45, 7) is 0. The van der Waals surface area contributed by atoms with Crippen LogP contribution < -0.4 is 0 Å². The van der Waals surface area contributed by atoms with Crippen LogP contribution in [0.25, 0.3) is 11.1 Å². The van der Waals surface area contributed by atoms with Gasteiger partial charge in [-0.05, 0) is 23.8 Å². The van der Waals surface area contributed by atoms with Gasteiger partial charge in [-0.2, -0.15) is 13.2 Å². The minimum atomic E-state index is -4.63. The molecule has 0 amide bonds. The molecule has 0 saturated heterocycles. The van der Waals surface area contributed by atoms with E-state index < -0.39 is 22.6 Å². The third-order valence-electron chi connectivity index (χ3n) is 2.69. The monoisotopic (exact) mass is 302 g/mol. The largest absolute Gasteiger partial charge is 0.416 e. The SMILES string of the molecule is O=Cc1cccc(-c2cc(C(F)(F)F)cc(Cl)c2F)c1. The number of halogens is 5. The summed E-state index contributed by atoms with van der Waals surface area (Å²) in [5.74, 6) is -0.956. The van der Waals surface area contributed by atoms with Crippen molar-refractivity contribution < 1.29 is 22.4 Å². The molecule has 0 saturated carbocycles. The molecule has 2 rings (SSSR count). The molecule has 1 nitrogen and oxygen atoms in total. The number of alkyl halides is 3. The second kappa shape index (κ2) is 5.25. The highest BCUT2D eigenvalue weighted by molar-refractivity contribution is 6.31. The van der Waals surface area contributed by atoms with Gasteiger partial charge in [-0.1, -0.05) is 29.8 Å². The van der Waals surface area contributed by atoms with Crippen molar-refractivity contribution in [1.82, 2.24) is 0 Å². The number of carbonyl (C=O) groups excluding carboxylic acids is 1. The Morgan fingerprint density at radius 1 is 1.10 bits per heavy atom. The Morgan fingerprint density at radius 2 is 1.80 bits per heavy atom. The van der Waals surface area contributed by atoms with Crippen molar-refractivity contribution in [1.29, 1.82) is 0 Å². The van der Waals surface area contributed by atoms with E-state index in [0.717, 1.165) is 0 Å². The molecule has 0 radical (unpaired) electrons. The first kappa shape index (κ1) is 14.5. The molecule has 20 heavy (non-hydrogen) atoms. The zero-order chi connectivity index (χ0) is 14.9. The lowest BCUT2D eigenvalue weighted by Gasteiger charge is -2.11. The Morgan fingerprint density at radius 3 is 2.40 bits per heavy atom. The molecule has 2 aromatic carbocycles. The summed E-state index contributed by atoms with van der Waals surface area (Å²) in [7, 11) is 0. The molecule has 0 heterocycles. The highest BCUT2D eigenvalue weighted by atomic mass is 35.5. The van der Waals surface area contributed by atoms with Gasteiger partial charge in [0, 0.05) is 11.1 Å². The van der Waals surface area contributed by atoms with Gasteiger partial charge in [-0.25, -0.2) is 4.39 Å². The van der Waals surface area contributed by atoms with Crippen LogP contribution in [-0.4, -0.2) is 6.29 Å². The van der Waals surface area contributed by atoms with E-state index in [1.54, 1.807) is 0 Å². The van der Waals surface area contributed by atoms with E-state index in [1.165, 1.54) is 24.3 Å². The van der Waals surface area contributed by atoms with Gasteiger partial charge in [0.25, 0.3) is 0 Å². The fraction of sp³-hybridized carbons (Fsp3) is 0.0714. The van der Waals surface area contributed by atoms with E-state index in [0.29, 0.717) is 18.4 Å². The second-order valence-electron chi connectivity index (χ2n) is 4.06. The quantitative estimate of drug-likeness (QED) is 0.565. The molecule has 0 unspecified atom stereocenters. The van der Waals surface area contributed by atoms with Crippen LogP contribution in [-0.2, 0) is 6.18 Å². The lowest BCUT2D eigenvalue weighted by atomic mass is 10.0. The summed E-state index contributed by atoms with van der Waals surface area (Å²) in [6, 6.07) is 6.81. The van der Waals surface area contributed by atoms with E-state index in [9.17, 15) is 22.4 Å². The molecule has 0 bridgehead atoms. The van der Waals surface area contributed by atoms with Gasteiger partial charge >= 0.3 is 6.18 Å². The van der Waals surface area contributed by atoms with Crippen LogP contribution in [0.3, 0.4) is 0 Å². The summed E-state index contributed by atoms with van der Waals surface area (Å²) in [6.07, 6.45) is -4.11. The van der Waals surface area contributed by atoms with Gasteiger partial charge in [-0.15, -0.1) is 0 Å². The summed E-state index contributed by atoms with van der Waals surface area (Å²) in [4.78, 5) is 10.7. The predicted octanol–water partition coefficient (Wildman–Crippen LogP) is 4.98. The van der Waals surface area contributed by atoms with Crippen LogP contribution in [0.5, 0.6) is 0 Å². The number of hydrogen-bond donors (Lipinski definition) is 0. The van der Waals surface area contributed by atoms with Gasteiger partial charge in [0.15, 0.2) is 0 Å². The molecular weight excluding hydrogens is 296 g/mol. The molecule has 104 valence electrons. The topological polar surface area (TPSA) is 17.1 Å². The predicted molar refractivity (Wildman–Crippen MR) is 67.2 cm³/mol. The van der Waals surface area contributed by atoms with Crippen LogP contribution >= 0.6 is 11.6 Å². The van der Waals surface area contributed by atoms with Crippen molar-refractivity contribution in [2.75, 3.05) is 0 Å². The molecule has 2 aromatic rings. The Labute approximate surface area is 116 Å². The van der Waals surface area contributed by atoms with Gasteiger partial charge in [-0.3, -0.25) is 4.79 Å². The number of aldehydes is 1. The van der Waals surface area contributed by atoms with Crippen molar-refractivity contribution in [2.45, 2.75) is 6.18 Å². The van der Waals surface area contributed by atoms with Crippen LogP contribution in [0.4, 0.5) is 17.6 Å². The first-order valence-corrected chi connectivity index (χ1v) is 5.82. The summed E-state index contributed by atoms with van der Waals surface area (Å²) in [5.41, 5.74) is -0.959. The van der Waals surface area contributed by atoms with Crippen LogP contribution in [0.15, 0.2) is 36.4 Å². The smallest absolute Gasteiger partial charge is 0.298 e. The van der Waals surface area contributed by atoms with Crippen molar-refractivity contribution in [3.63, 3.8) is 0 Å². The summed E-state index contributed by atoms with van der Waals surface area (Å²) >= 11 is 5.50. The normalized spacial score (nSPS) is 11.4. The molecule has 0 N–H and O–H groups in total. The first-order valence-electron chi connectivity index (χ1n) is 5.45.